The van der Waals surface area contributed by atoms with E-state index in [1.54, 1.807) is 11.3 Å². The van der Waals surface area contributed by atoms with Gasteiger partial charge in [0.2, 0.25) is 0 Å². The molecule has 27 heavy (non-hydrogen) atoms. The number of hydrogen-bond donors (Lipinski definition) is 1. The van der Waals surface area contributed by atoms with E-state index in [4.69, 9.17) is 9.98 Å². The highest BCUT2D eigenvalue weighted by atomic mass is 32.1. The van der Waals surface area contributed by atoms with E-state index in [1.807, 2.05) is 12.5 Å². The molecule has 2 aromatic rings. The van der Waals surface area contributed by atoms with E-state index in [0.29, 0.717) is 24.4 Å². The molecule has 0 amide bonds. The van der Waals surface area contributed by atoms with Gasteiger partial charge in [0.05, 0.1) is 24.6 Å². The van der Waals surface area contributed by atoms with Crippen molar-refractivity contribution in [1.29, 1.82) is 0 Å². The van der Waals surface area contributed by atoms with Gasteiger partial charge in [-0.25, -0.2) is 15.0 Å². The Morgan fingerprint density at radius 1 is 1.44 bits per heavy atom. The lowest BCUT2D eigenvalue weighted by Gasteiger charge is -2.39. The molecule has 0 aliphatic carbocycles. The van der Waals surface area contributed by atoms with Gasteiger partial charge < -0.3 is 14.8 Å². The predicted octanol–water partition coefficient (Wildman–Crippen LogP) is 3.82. The topological polar surface area (TPSA) is 58.3 Å². The number of nitrogens with one attached hydrogen (secondary N) is 1. The average molecular weight is 389 g/mol. The first-order valence-corrected chi connectivity index (χ1v) is 10.8. The summed E-state index contributed by atoms with van der Waals surface area (Å²) in [5.74, 6) is 2.09. The van der Waals surface area contributed by atoms with Crippen molar-refractivity contribution < 1.29 is 0 Å². The van der Waals surface area contributed by atoms with Gasteiger partial charge in [-0.2, -0.15) is 0 Å². The monoisotopic (exact) mass is 388 g/mol. The Bertz CT molecular complexity index is 749. The molecule has 0 aromatic carbocycles. The number of likely N-dealkylation sites (tertiary alicyclic amines) is 1. The molecule has 2 atom stereocenters. The molecule has 0 spiro atoms. The summed E-state index contributed by atoms with van der Waals surface area (Å²) < 4.78 is 2.24. The molecule has 1 saturated heterocycles. The molecule has 1 N–H and O–H groups in total. The van der Waals surface area contributed by atoms with Gasteiger partial charge in [-0.05, 0) is 32.1 Å². The SMILES string of the molecule is CCNC(=NCc1nc(C(C)C)c(C)s1)N1CCC(C)C(n2ccnc2)C1. The minimum atomic E-state index is 0.430. The Labute approximate surface area is 166 Å². The van der Waals surface area contributed by atoms with Crippen LogP contribution < -0.4 is 5.32 Å². The molecule has 1 aliphatic rings. The van der Waals surface area contributed by atoms with Gasteiger partial charge in [0.25, 0.3) is 0 Å². The summed E-state index contributed by atoms with van der Waals surface area (Å²) in [7, 11) is 0. The van der Waals surface area contributed by atoms with E-state index in [9.17, 15) is 0 Å². The normalized spacial score (nSPS) is 21.1. The highest BCUT2D eigenvalue weighted by molar-refractivity contribution is 7.11. The summed E-state index contributed by atoms with van der Waals surface area (Å²) in [6, 6.07) is 0.430. The van der Waals surface area contributed by atoms with Gasteiger partial charge in [-0.3, -0.25) is 0 Å². The lowest BCUT2D eigenvalue weighted by molar-refractivity contribution is 0.189. The molecular weight excluding hydrogens is 356 g/mol. The number of piperidine rings is 1. The van der Waals surface area contributed by atoms with Crippen LogP contribution in [0.15, 0.2) is 23.7 Å². The van der Waals surface area contributed by atoms with Gasteiger partial charge in [-0.1, -0.05) is 20.8 Å². The van der Waals surface area contributed by atoms with E-state index in [0.717, 1.165) is 37.0 Å². The highest BCUT2D eigenvalue weighted by Gasteiger charge is 2.29. The number of aliphatic imine (C=N–C) groups is 1. The lowest BCUT2D eigenvalue weighted by Crippen LogP contribution is -2.49. The Morgan fingerprint density at radius 3 is 2.89 bits per heavy atom. The van der Waals surface area contributed by atoms with E-state index >= 15 is 0 Å². The van der Waals surface area contributed by atoms with Crippen molar-refractivity contribution in [2.45, 2.75) is 59.5 Å². The fourth-order valence-corrected chi connectivity index (χ4v) is 4.74. The van der Waals surface area contributed by atoms with Gasteiger partial charge in [0, 0.05) is 36.9 Å². The number of rotatable bonds is 5. The van der Waals surface area contributed by atoms with Crippen LogP contribution >= 0.6 is 11.3 Å². The molecule has 7 heteroatoms. The smallest absolute Gasteiger partial charge is 0.194 e. The molecule has 1 aliphatic heterocycles. The van der Waals surface area contributed by atoms with Crippen molar-refractivity contribution in [1.82, 2.24) is 24.8 Å². The Balaban J connectivity index is 1.74. The minimum Gasteiger partial charge on any atom is -0.357 e. The molecule has 0 radical (unpaired) electrons. The maximum atomic E-state index is 4.92. The summed E-state index contributed by atoms with van der Waals surface area (Å²) in [6.45, 7) is 14.5. The van der Waals surface area contributed by atoms with E-state index in [-0.39, 0.29) is 0 Å². The predicted molar refractivity (Wildman–Crippen MR) is 112 cm³/mol. The molecule has 0 saturated carbocycles. The molecule has 3 rings (SSSR count). The van der Waals surface area contributed by atoms with Crippen molar-refractivity contribution in [2.24, 2.45) is 10.9 Å². The second-order valence-corrected chi connectivity index (χ2v) is 8.95. The number of guanidine groups is 1. The van der Waals surface area contributed by atoms with E-state index < -0.39 is 0 Å². The quantitative estimate of drug-likeness (QED) is 0.625. The summed E-state index contributed by atoms with van der Waals surface area (Å²) in [4.78, 5) is 17.7. The van der Waals surface area contributed by atoms with Crippen LogP contribution in [-0.2, 0) is 6.54 Å². The van der Waals surface area contributed by atoms with E-state index in [1.165, 1.54) is 10.6 Å². The Morgan fingerprint density at radius 2 is 2.26 bits per heavy atom. The zero-order chi connectivity index (χ0) is 19.4. The number of nitrogens with zero attached hydrogens (tertiary/aromatic N) is 5. The van der Waals surface area contributed by atoms with Crippen LogP contribution in [0.2, 0.25) is 0 Å². The second kappa shape index (κ2) is 8.87. The minimum absolute atomic E-state index is 0.430. The number of thiazole rings is 1. The standard InChI is InChI=1S/C20H32N6S/c1-6-22-20(23-11-18-24-19(14(2)3)16(5)27-18)25-9-7-15(4)17(12-25)26-10-8-21-13-26/h8,10,13-15,17H,6-7,9,11-12H2,1-5H3,(H,22,23). The molecule has 3 heterocycles. The summed E-state index contributed by atoms with van der Waals surface area (Å²) in [5, 5.41) is 4.58. The van der Waals surface area contributed by atoms with Crippen LogP contribution in [0.3, 0.4) is 0 Å². The molecule has 6 nitrogen and oxygen atoms in total. The van der Waals surface area contributed by atoms with Crippen LogP contribution in [0.1, 0.15) is 61.7 Å². The Kier molecular flexibility index (Phi) is 6.52. The third kappa shape index (κ3) is 4.69. The van der Waals surface area contributed by atoms with E-state index in [2.05, 4.69) is 60.6 Å². The maximum Gasteiger partial charge on any atom is 0.194 e. The first-order valence-electron chi connectivity index (χ1n) is 9.96. The largest absolute Gasteiger partial charge is 0.357 e. The fraction of sp³-hybridized carbons (Fsp3) is 0.650. The molecule has 2 aromatic heterocycles. The zero-order valence-electron chi connectivity index (χ0n) is 17.1. The molecule has 1 fully saturated rings. The van der Waals surface area contributed by atoms with Gasteiger partial charge in [0.15, 0.2) is 5.96 Å². The van der Waals surface area contributed by atoms with Gasteiger partial charge >= 0.3 is 0 Å². The van der Waals surface area contributed by atoms with Crippen LogP contribution in [-0.4, -0.2) is 45.0 Å². The molecular formula is C20H32N6S. The third-order valence-corrected chi connectivity index (χ3v) is 6.22. The molecule has 0 bridgehead atoms. The average Bonchev–Trinajstić information content (AvgIpc) is 3.29. The summed E-state index contributed by atoms with van der Waals surface area (Å²) >= 11 is 1.77. The van der Waals surface area contributed by atoms with Crippen LogP contribution in [0, 0.1) is 12.8 Å². The van der Waals surface area contributed by atoms with Gasteiger partial charge in [0.1, 0.15) is 5.01 Å². The molecule has 148 valence electrons. The highest BCUT2D eigenvalue weighted by Crippen LogP contribution is 2.28. The zero-order valence-corrected chi connectivity index (χ0v) is 18.0. The third-order valence-electron chi connectivity index (χ3n) is 5.25. The van der Waals surface area contributed by atoms with Crippen LogP contribution in [0.5, 0.6) is 0 Å². The summed E-state index contributed by atoms with van der Waals surface area (Å²) in [5.41, 5.74) is 1.21. The van der Waals surface area contributed by atoms with Crippen LogP contribution in [0.4, 0.5) is 0 Å². The van der Waals surface area contributed by atoms with Crippen molar-refractivity contribution in [3.05, 3.63) is 34.3 Å². The number of aryl methyl sites for hydroxylation is 1. The van der Waals surface area contributed by atoms with Crippen LogP contribution in [0.25, 0.3) is 0 Å². The van der Waals surface area contributed by atoms with Crippen molar-refractivity contribution in [3.8, 4) is 0 Å². The summed E-state index contributed by atoms with van der Waals surface area (Å²) in [6.07, 6.45) is 7.02. The lowest BCUT2D eigenvalue weighted by atomic mass is 9.93. The van der Waals surface area contributed by atoms with Crippen molar-refractivity contribution >= 4 is 17.3 Å². The first-order chi connectivity index (χ1) is 13.0. The Hall–Kier alpha value is -1.89. The maximum absolute atomic E-state index is 4.92. The fourth-order valence-electron chi connectivity index (χ4n) is 3.73. The number of hydrogen-bond acceptors (Lipinski definition) is 4. The number of imidazole rings is 1. The molecule has 2 unspecified atom stereocenters. The van der Waals surface area contributed by atoms with Gasteiger partial charge in [-0.15, -0.1) is 11.3 Å². The van der Waals surface area contributed by atoms with Crippen molar-refractivity contribution in [2.75, 3.05) is 19.6 Å². The first kappa shape index (κ1) is 19.9. The second-order valence-electron chi connectivity index (χ2n) is 7.66. The van der Waals surface area contributed by atoms with Crippen molar-refractivity contribution in [3.63, 3.8) is 0 Å². The number of aromatic nitrogens is 3.